The number of aryl methyl sites for hydroxylation is 2. The van der Waals surface area contributed by atoms with E-state index in [1.165, 1.54) is 0 Å². The molecule has 0 aliphatic rings. The van der Waals surface area contributed by atoms with Crippen molar-refractivity contribution in [1.29, 1.82) is 0 Å². The lowest BCUT2D eigenvalue weighted by atomic mass is 10.0. The second-order valence-corrected chi connectivity index (χ2v) is 8.47. The molecule has 162 valence electrons. The van der Waals surface area contributed by atoms with Crippen molar-refractivity contribution in [2.75, 3.05) is 5.32 Å². The molecule has 0 saturated carbocycles. The Kier molecular flexibility index (Phi) is 5.43. The minimum absolute atomic E-state index is 0.283. The predicted molar refractivity (Wildman–Crippen MR) is 132 cm³/mol. The van der Waals surface area contributed by atoms with E-state index in [1.54, 1.807) is 23.0 Å². The molecule has 2 aromatic carbocycles. The van der Waals surface area contributed by atoms with E-state index in [9.17, 15) is 4.79 Å². The number of rotatable bonds is 4. The number of nitrogens with one attached hydrogen (secondary N) is 1. The largest absolute Gasteiger partial charge is 0.306 e. The highest BCUT2D eigenvalue weighted by Gasteiger charge is 2.20. The van der Waals surface area contributed by atoms with Gasteiger partial charge in [0.15, 0.2) is 11.5 Å². The van der Waals surface area contributed by atoms with E-state index in [0.29, 0.717) is 28.5 Å². The van der Waals surface area contributed by atoms with Crippen LogP contribution in [0.1, 0.15) is 16.1 Å². The lowest BCUT2D eigenvalue weighted by molar-refractivity contribution is 0.102. The average Bonchev–Trinajstić information content (AvgIpc) is 3.12. The van der Waals surface area contributed by atoms with Crippen molar-refractivity contribution >= 4 is 38.7 Å². The maximum absolute atomic E-state index is 13.4. The van der Waals surface area contributed by atoms with E-state index in [-0.39, 0.29) is 5.91 Å². The van der Waals surface area contributed by atoms with Crippen LogP contribution in [0.3, 0.4) is 0 Å². The maximum Gasteiger partial charge on any atom is 0.257 e. The lowest BCUT2D eigenvalue weighted by Crippen LogP contribution is -2.14. The molecule has 8 heteroatoms. The minimum atomic E-state index is -0.283. The quantitative estimate of drug-likeness (QED) is 0.357. The first-order chi connectivity index (χ1) is 16.0. The molecule has 0 fully saturated rings. The molecule has 0 atom stereocenters. The van der Waals surface area contributed by atoms with Gasteiger partial charge in [-0.2, -0.15) is 5.10 Å². The summed E-state index contributed by atoms with van der Waals surface area (Å²) in [4.78, 5) is 27.1. The molecule has 33 heavy (non-hydrogen) atoms. The monoisotopic (exact) mass is 498 g/mol. The highest BCUT2D eigenvalue weighted by atomic mass is 79.9. The fraction of sp³-hybridized carbons (Fsp3) is 0.0800. The molecule has 0 unspecified atom stereocenters. The summed E-state index contributed by atoms with van der Waals surface area (Å²) < 4.78 is 2.63. The van der Waals surface area contributed by atoms with Gasteiger partial charge in [0.05, 0.1) is 22.3 Å². The number of pyridine rings is 1. The van der Waals surface area contributed by atoms with Gasteiger partial charge in [0, 0.05) is 28.8 Å². The van der Waals surface area contributed by atoms with Crippen molar-refractivity contribution in [3.8, 4) is 22.6 Å². The molecule has 1 amide bonds. The average molecular weight is 499 g/mol. The first kappa shape index (κ1) is 21.0. The number of carbonyl (C=O) groups is 1. The smallest absolute Gasteiger partial charge is 0.257 e. The fourth-order valence-electron chi connectivity index (χ4n) is 3.76. The summed E-state index contributed by atoms with van der Waals surface area (Å²) in [6, 6.07) is 20.9. The summed E-state index contributed by atoms with van der Waals surface area (Å²) in [5, 5.41) is 8.12. The normalized spacial score (nSPS) is 11.0. The summed E-state index contributed by atoms with van der Waals surface area (Å²) in [7, 11) is 1.83. The number of amides is 1. The van der Waals surface area contributed by atoms with Gasteiger partial charge in [-0.3, -0.25) is 9.48 Å². The topological polar surface area (TPSA) is 85.6 Å². The lowest BCUT2D eigenvalue weighted by Gasteiger charge is -2.10. The molecule has 3 heterocycles. The molecular weight excluding hydrogens is 480 g/mol. The third-order valence-electron chi connectivity index (χ3n) is 5.26. The number of anilines is 1. The zero-order valence-corrected chi connectivity index (χ0v) is 19.5. The molecule has 0 aliphatic heterocycles. The number of fused-ring (bicyclic) bond motifs is 1. The van der Waals surface area contributed by atoms with Crippen LogP contribution in [0.15, 0.2) is 77.4 Å². The number of hydrogen-bond donors (Lipinski definition) is 1. The van der Waals surface area contributed by atoms with E-state index in [2.05, 4.69) is 36.3 Å². The van der Waals surface area contributed by atoms with Gasteiger partial charge in [-0.25, -0.2) is 15.0 Å². The van der Waals surface area contributed by atoms with Crippen molar-refractivity contribution in [3.05, 3.63) is 88.7 Å². The second kappa shape index (κ2) is 8.55. The van der Waals surface area contributed by atoms with Crippen LogP contribution in [0.2, 0.25) is 0 Å². The summed E-state index contributed by atoms with van der Waals surface area (Å²) >= 11 is 3.47. The Balaban J connectivity index is 1.56. The van der Waals surface area contributed by atoms with Crippen LogP contribution in [-0.2, 0) is 7.05 Å². The maximum atomic E-state index is 13.4. The van der Waals surface area contributed by atoms with Gasteiger partial charge < -0.3 is 5.32 Å². The molecular formula is C25H19BrN6O. The number of nitrogens with zero attached hydrogens (tertiary/aromatic N) is 5. The zero-order chi connectivity index (χ0) is 22.9. The number of hydrogen-bond acceptors (Lipinski definition) is 5. The van der Waals surface area contributed by atoms with Crippen LogP contribution in [0.5, 0.6) is 0 Å². The Labute approximate surface area is 198 Å². The van der Waals surface area contributed by atoms with E-state index in [1.807, 2.05) is 68.6 Å². The Morgan fingerprint density at radius 3 is 2.55 bits per heavy atom. The number of aromatic nitrogens is 5. The summed E-state index contributed by atoms with van der Waals surface area (Å²) in [6.07, 6.45) is 1.63. The van der Waals surface area contributed by atoms with Gasteiger partial charge in [0.2, 0.25) is 0 Å². The van der Waals surface area contributed by atoms with Crippen LogP contribution < -0.4 is 5.32 Å². The van der Waals surface area contributed by atoms with Gasteiger partial charge in [-0.05, 0) is 31.2 Å². The van der Waals surface area contributed by atoms with Gasteiger partial charge >= 0.3 is 0 Å². The molecule has 7 nitrogen and oxygen atoms in total. The van der Waals surface area contributed by atoms with Crippen LogP contribution in [0.4, 0.5) is 5.82 Å². The Bertz CT molecular complexity index is 1500. The van der Waals surface area contributed by atoms with Crippen molar-refractivity contribution < 1.29 is 4.79 Å². The molecule has 0 saturated heterocycles. The van der Waals surface area contributed by atoms with Crippen molar-refractivity contribution in [2.45, 2.75) is 6.92 Å². The number of carbonyl (C=O) groups excluding carboxylic acids is 1. The molecule has 0 spiro atoms. The second-order valence-electron chi connectivity index (χ2n) is 7.56. The van der Waals surface area contributed by atoms with Crippen molar-refractivity contribution in [1.82, 2.24) is 24.7 Å². The van der Waals surface area contributed by atoms with E-state index < -0.39 is 0 Å². The highest BCUT2D eigenvalue weighted by Crippen LogP contribution is 2.28. The van der Waals surface area contributed by atoms with Crippen molar-refractivity contribution in [2.24, 2.45) is 7.05 Å². The summed E-state index contributed by atoms with van der Waals surface area (Å²) in [6.45, 7) is 1.87. The number of benzene rings is 2. The van der Waals surface area contributed by atoms with Gasteiger partial charge in [0.25, 0.3) is 5.91 Å². The Hall–Kier alpha value is -3.91. The van der Waals surface area contributed by atoms with Gasteiger partial charge in [-0.1, -0.05) is 58.4 Å². The highest BCUT2D eigenvalue weighted by molar-refractivity contribution is 9.10. The Morgan fingerprint density at radius 1 is 0.970 bits per heavy atom. The molecule has 0 aliphatic carbocycles. The van der Waals surface area contributed by atoms with Crippen molar-refractivity contribution in [3.63, 3.8) is 0 Å². The van der Waals surface area contributed by atoms with Gasteiger partial charge in [-0.15, -0.1) is 0 Å². The molecule has 3 aromatic heterocycles. The van der Waals surface area contributed by atoms with Crippen LogP contribution in [0.25, 0.3) is 33.7 Å². The van der Waals surface area contributed by atoms with E-state index in [4.69, 9.17) is 4.98 Å². The van der Waals surface area contributed by atoms with Crippen LogP contribution in [0, 0.1) is 6.92 Å². The van der Waals surface area contributed by atoms with Crippen LogP contribution in [-0.4, -0.2) is 30.6 Å². The van der Waals surface area contributed by atoms with Crippen LogP contribution >= 0.6 is 15.9 Å². The number of halogens is 1. The Morgan fingerprint density at radius 2 is 1.76 bits per heavy atom. The molecule has 1 N–H and O–H groups in total. The third kappa shape index (κ3) is 4.12. The predicted octanol–water partition coefficient (Wildman–Crippen LogP) is 5.42. The first-order valence-electron chi connectivity index (χ1n) is 10.3. The SMILES string of the molecule is Cc1nn(C)c2nc(-c3ccccc3)cc(C(=O)Nc3ccnc(-c4cccc(Br)c4)n3)c12. The first-order valence-corrected chi connectivity index (χ1v) is 11.1. The molecule has 0 bridgehead atoms. The van der Waals surface area contributed by atoms with E-state index >= 15 is 0 Å². The summed E-state index contributed by atoms with van der Waals surface area (Å²) in [5.74, 6) is 0.656. The standard InChI is InChI=1S/C25H19BrN6O/c1-15-22-19(14-20(16-7-4-3-5-8-16)28-24(22)32(2)31-15)25(33)30-21-11-12-27-23(29-21)17-9-6-10-18(26)13-17/h3-14H,1-2H3,(H,27,29,30,33). The van der Waals surface area contributed by atoms with Gasteiger partial charge in [0.1, 0.15) is 5.82 Å². The molecule has 5 rings (SSSR count). The molecule has 5 aromatic rings. The minimum Gasteiger partial charge on any atom is -0.306 e. The van der Waals surface area contributed by atoms with E-state index in [0.717, 1.165) is 26.7 Å². The zero-order valence-electron chi connectivity index (χ0n) is 18.0. The third-order valence-corrected chi connectivity index (χ3v) is 5.76. The summed E-state index contributed by atoms with van der Waals surface area (Å²) in [5.41, 5.74) is 4.35. The fourth-order valence-corrected chi connectivity index (χ4v) is 4.16. The molecule has 0 radical (unpaired) electrons.